The minimum Gasteiger partial charge on any atom is -0.337 e. The highest BCUT2D eigenvalue weighted by Gasteiger charge is 2.28. The highest BCUT2D eigenvalue weighted by atomic mass is 32.2. The molecule has 0 saturated carbocycles. The van der Waals surface area contributed by atoms with Crippen molar-refractivity contribution in [1.29, 1.82) is 0 Å². The van der Waals surface area contributed by atoms with E-state index in [0.717, 1.165) is 36.7 Å². The van der Waals surface area contributed by atoms with E-state index in [1.807, 2.05) is 22.7 Å². The van der Waals surface area contributed by atoms with Gasteiger partial charge >= 0.3 is 0 Å². The van der Waals surface area contributed by atoms with Gasteiger partial charge in [-0.15, -0.1) is 11.3 Å². The number of amides is 1. The zero-order chi connectivity index (χ0) is 15.5. The molecule has 1 saturated heterocycles. The van der Waals surface area contributed by atoms with Gasteiger partial charge in [0.05, 0.1) is 6.20 Å². The lowest BCUT2D eigenvalue weighted by molar-refractivity contribution is 0.0700. The van der Waals surface area contributed by atoms with Crippen molar-refractivity contribution in [1.82, 2.24) is 20.1 Å². The van der Waals surface area contributed by atoms with Gasteiger partial charge in [0, 0.05) is 30.1 Å². The van der Waals surface area contributed by atoms with Gasteiger partial charge in [-0.25, -0.2) is 4.98 Å². The maximum Gasteiger partial charge on any atom is 0.273 e. The number of hydrogen-bond donors (Lipinski definition) is 1. The van der Waals surface area contributed by atoms with E-state index in [1.165, 1.54) is 22.6 Å². The molecule has 2 aromatic rings. The van der Waals surface area contributed by atoms with Crippen LogP contribution in [0.1, 0.15) is 47.4 Å². The molecule has 3 rings (SSSR count). The number of carbonyl (C=O) groups is 1. The Labute approximate surface area is 138 Å². The Hall–Kier alpha value is -1.34. The van der Waals surface area contributed by atoms with Gasteiger partial charge in [0.2, 0.25) is 0 Å². The normalized spacial score (nSPS) is 18.6. The summed E-state index contributed by atoms with van der Waals surface area (Å²) in [5.74, 6) is 0.410. The lowest BCUT2D eigenvalue weighted by Gasteiger charge is -2.32. The maximum absolute atomic E-state index is 12.6. The lowest BCUT2D eigenvalue weighted by atomic mass is 9.92. The predicted octanol–water partition coefficient (Wildman–Crippen LogP) is 3.17. The molecule has 1 aliphatic rings. The number of piperidine rings is 1. The second-order valence-electron chi connectivity index (χ2n) is 5.46. The summed E-state index contributed by atoms with van der Waals surface area (Å²) in [5.41, 5.74) is 3.04. The molecule has 22 heavy (non-hydrogen) atoms. The summed E-state index contributed by atoms with van der Waals surface area (Å²) in [6, 6.07) is 0. The van der Waals surface area contributed by atoms with Gasteiger partial charge in [0.1, 0.15) is 10.0 Å². The van der Waals surface area contributed by atoms with Gasteiger partial charge in [-0.2, -0.15) is 5.10 Å². The number of rotatable bonds is 4. The summed E-state index contributed by atoms with van der Waals surface area (Å²) in [5, 5.41) is 9.17. The fourth-order valence-corrected chi connectivity index (χ4v) is 4.20. The molecule has 0 unspecified atom stereocenters. The molecule has 0 bridgehead atoms. The number of thiazole rings is 1. The van der Waals surface area contributed by atoms with Crippen LogP contribution in [0.5, 0.6) is 0 Å². The first-order chi connectivity index (χ1) is 10.7. The molecule has 0 aliphatic carbocycles. The average molecular weight is 336 g/mol. The van der Waals surface area contributed by atoms with Crippen LogP contribution in [-0.2, 0) is 6.42 Å². The van der Waals surface area contributed by atoms with E-state index >= 15 is 0 Å². The van der Waals surface area contributed by atoms with Crippen molar-refractivity contribution in [2.75, 3.05) is 19.3 Å². The number of aromatic amines is 1. The smallest absolute Gasteiger partial charge is 0.273 e. The third kappa shape index (κ3) is 3.05. The Morgan fingerprint density at radius 2 is 2.45 bits per heavy atom. The van der Waals surface area contributed by atoms with Crippen molar-refractivity contribution in [3.63, 3.8) is 0 Å². The predicted molar refractivity (Wildman–Crippen MR) is 89.7 cm³/mol. The van der Waals surface area contributed by atoms with Gasteiger partial charge in [0.25, 0.3) is 5.91 Å². The first kappa shape index (κ1) is 15.6. The summed E-state index contributed by atoms with van der Waals surface area (Å²) in [6.45, 7) is 3.70. The van der Waals surface area contributed by atoms with E-state index in [9.17, 15) is 4.79 Å². The third-order valence-electron chi connectivity index (χ3n) is 4.13. The first-order valence-electron chi connectivity index (χ1n) is 7.53. The second kappa shape index (κ2) is 6.83. The van der Waals surface area contributed by atoms with Crippen LogP contribution >= 0.6 is 23.1 Å². The highest BCUT2D eigenvalue weighted by molar-refractivity contribution is 8.00. The topological polar surface area (TPSA) is 61.9 Å². The van der Waals surface area contributed by atoms with Crippen LogP contribution in [0.15, 0.2) is 15.9 Å². The molecule has 1 amide bonds. The SMILES string of the molecule is CCc1cn[nH]c1[C@H]1CCCN(C(=O)c2csc(SC)n2)C1. The number of thioether (sulfide) groups is 1. The van der Waals surface area contributed by atoms with Crippen LogP contribution in [0.25, 0.3) is 0 Å². The summed E-state index contributed by atoms with van der Waals surface area (Å²) in [6.07, 6.45) is 6.99. The van der Waals surface area contributed by atoms with E-state index in [2.05, 4.69) is 22.1 Å². The van der Waals surface area contributed by atoms with E-state index in [-0.39, 0.29) is 5.91 Å². The van der Waals surface area contributed by atoms with Crippen molar-refractivity contribution in [3.8, 4) is 0 Å². The maximum atomic E-state index is 12.6. The van der Waals surface area contributed by atoms with Crippen LogP contribution in [0.3, 0.4) is 0 Å². The Bertz CT molecular complexity index is 652. The Kier molecular flexibility index (Phi) is 4.83. The molecule has 1 aliphatic heterocycles. The molecule has 3 heterocycles. The zero-order valence-corrected chi connectivity index (χ0v) is 14.5. The Morgan fingerprint density at radius 1 is 1.59 bits per heavy atom. The molecular weight excluding hydrogens is 316 g/mol. The van der Waals surface area contributed by atoms with Crippen LogP contribution in [0.2, 0.25) is 0 Å². The first-order valence-corrected chi connectivity index (χ1v) is 9.64. The molecule has 118 valence electrons. The van der Waals surface area contributed by atoms with Crippen molar-refractivity contribution in [2.24, 2.45) is 0 Å². The highest BCUT2D eigenvalue weighted by Crippen LogP contribution is 2.29. The summed E-state index contributed by atoms with van der Waals surface area (Å²) < 4.78 is 0.943. The lowest BCUT2D eigenvalue weighted by Crippen LogP contribution is -2.39. The van der Waals surface area contributed by atoms with Crippen LogP contribution < -0.4 is 0 Å². The summed E-state index contributed by atoms with van der Waals surface area (Å²) in [7, 11) is 0. The number of nitrogens with one attached hydrogen (secondary N) is 1. The summed E-state index contributed by atoms with van der Waals surface area (Å²) in [4.78, 5) is 19.0. The van der Waals surface area contributed by atoms with Crippen LogP contribution in [0, 0.1) is 0 Å². The van der Waals surface area contributed by atoms with E-state index in [1.54, 1.807) is 11.8 Å². The molecular formula is C15H20N4OS2. The molecule has 5 nitrogen and oxygen atoms in total. The number of hydrogen-bond acceptors (Lipinski definition) is 5. The van der Waals surface area contributed by atoms with Crippen molar-refractivity contribution in [2.45, 2.75) is 36.4 Å². The molecule has 0 spiro atoms. The minimum absolute atomic E-state index is 0.0545. The van der Waals surface area contributed by atoms with E-state index in [0.29, 0.717) is 11.6 Å². The van der Waals surface area contributed by atoms with Crippen LogP contribution in [-0.4, -0.2) is 45.3 Å². The molecule has 7 heteroatoms. The van der Waals surface area contributed by atoms with Crippen molar-refractivity contribution in [3.05, 3.63) is 28.5 Å². The van der Waals surface area contributed by atoms with E-state index < -0.39 is 0 Å². The molecule has 1 fully saturated rings. The quantitative estimate of drug-likeness (QED) is 0.871. The molecule has 2 aromatic heterocycles. The number of H-pyrrole nitrogens is 1. The standard InChI is InChI=1S/C15H20N4OS2/c1-3-10-7-16-18-13(10)11-5-4-6-19(8-11)14(20)12-9-22-15(17-12)21-2/h7,9,11H,3-6,8H2,1-2H3,(H,16,18)/t11-/m0/s1. The van der Waals surface area contributed by atoms with Gasteiger partial charge < -0.3 is 4.90 Å². The number of likely N-dealkylation sites (tertiary alicyclic amines) is 1. The largest absolute Gasteiger partial charge is 0.337 e. The van der Waals surface area contributed by atoms with Gasteiger partial charge in [-0.3, -0.25) is 9.89 Å². The monoisotopic (exact) mass is 336 g/mol. The minimum atomic E-state index is 0.0545. The van der Waals surface area contributed by atoms with Gasteiger partial charge in [-0.1, -0.05) is 18.7 Å². The number of nitrogens with zero attached hydrogens (tertiary/aromatic N) is 3. The number of carbonyl (C=O) groups excluding carboxylic acids is 1. The van der Waals surface area contributed by atoms with Gasteiger partial charge in [-0.05, 0) is 31.1 Å². The Morgan fingerprint density at radius 3 is 3.18 bits per heavy atom. The fraction of sp³-hybridized carbons (Fsp3) is 0.533. The number of aromatic nitrogens is 3. The zero-order valence-electron chi connectivity index (χ0n) is 12.8. The molecule has 0 aromatic carbocycles. The molecule has 0 radical (unpaired) electrons. The second-order valence-corrected chi connectivity index (χ2v) is 7.37. The van der Waals surface area contributed by atoms with Crippen molar-refractivity contribution < 1.29 is 4.79 Å². The summed E-state index contributed by atoms with van der Waals surface area (Å²) >= 11 is 3.12. The van der Waals surface area contributed by atoms with Gasteiger partial charge in [0.15, 0.2) is 0 Å². The average Bonchev–Trinajstić information content (AvgIpc) is 3.23. The van der Waals surface area contributed by atoms with E-state index in [4.69, 9.17) is 0 Å². The third-order valence-corrected chi connectivity index (χ3v) is 5.99. The fourth-order valence-electron chi connectivity index (χ4n) is 2.96. The Balaban J connectivity index is 1.74. The molecule has 1 atom stereocenters. The molecule has 1 N–H and O–H groups in total. The van der Waals surface area contributed by atoms with Crippen LogP contribution in [0.4, 0.5) is 0 Å². The number of aryl methyl sites for hydroxylation is 1. The van der Waals surface area contributed by atoms with Crippen molar-refractivity contribution >= 4 is 29.0 Å².